The van der Waals surface area contributed by atoms with Crippen molar-refractivity contribution in [1.82, 2.24) is 35.0 Å². The van der Waals surface area contributed by atoms with Crippen molar-refractivity contribution in [2.24, 2.45) is 17.8 Å². The van der Waals surface area contributed by atoms with Crippen LogP contribution < -0.4 is 5.32 Å². The number of methoxy groups -OCH3 is 2. The van der Waals surface area contributed by atoms with Crippen LogP contribution in [0.4, 0.5) is 9.59 Å². The van der Waals surface area contributed by atoms with Crippen LogP contribution in [-0.4, -0.2) is 111 Å². The molecule has 0 bridgehead atoms. The van der Waals surface area contributed by atoms with E-state index in [1.54, 1.807) is 11.1 Å². The van der Waals surface area contributed by atoms with Gasteiger partial charge in [0.1, 0.15) is 17.9 Å². The van der Waals surface area contributed by atoms with Crippen molar-refractivity contribution < 1.29 is 38.6 Å². The monoisotopic (exact) mass is 819 g/mol. The quantitative estimate of drug-likeness (QED) is 0.101. The van der Waals surface area contributed by atoms with Crippen LogP contribution in [0.25, 0.3) is 22.5 Å². The second kappa shape index (κ2) is 19.0. The van der Waals surface area contributed by atoms with Crippen LogP contribution in [0.2, 0.25) is 0 Å². The van der Waals surface area contributed by atoms with Crippen molar-refractivity contribution in [2.75, 3.05) is 40.4 Å². The number of carbonyl (C=O) groups is 5. The van der Waals surface area contributed by atoms with E-state index in [4.69, 9.17) is 9.47 Å². The molecule has 4 atom stereocenters. The van der Waals surface area contributed by atoms with Gasteiger partial charge in [-0.15, -0.1) is 0 Å². The molecule has 4 aromatic rings. The van der Waals surface area contributed by atoms with Crippen molar-refractivity contribution in [3.05, 3.63) is 89.5 Å². The summed E-state index contributed by atoms with van der Waals surface area (Å²) in [5.74, 6) is 5.20. The van der Waals surface area contributed by atoms with E-state index in [9.17, 15) is 29.1 Å². The molecule has 6 rings (SSSR count). The fourth-order valence-corrected chi connectivity index (χ4v) is 7.81. The predicted molar refractivity (Wildman–Crippen MR) is 223 cm³/mol. The van der Waals surface area contributed by atoms with Gasteiger partial charge in [0.2, 0.25) is 11.8 Å². The number of nitrogens with one attached hydrogen (secondary N) is 3. The molecule has 0 saturated carbocycles. The van der Waals surface area contributed by atoms with Crippen LogP contribution in [0.15, 0.2) is 66.9 Å². The van der Waals surface area contributed by atoms with Crippen LogP contribution in [0.5, 0.6) is 0 Å². The molecule has 4 N–H and O–H groups in total. The van der Waals surface area contributed by atoms with Crippen LogP contribution in [0.1, 0.15) is 81.7 Å². The predicted octanol–water partition coefficient (Wildman–Crippen LogP) is 6.21. The average Bonchev–Trinajstić information content (AvgIpc) is 4.05. The molecule has 15 heteroatoms. The van der Waals surface area contributed by atoms with E-state index in [-0.39, 0.29) is 55.7 Å². The Morgan fingerprint density at radius 1 is 0.783 bits per heavy atom. The topological polar surface area (TPSA) is 190 Å². The Morgan fingerprint density at radius 2 is 1.42 bits per heavy atom. The number of amides is 4. The van der Waals surface area contributed by atoms with Crippen LogP contribution in [0, 0.1) is 29.6 Å². The van der Waals surface area contributed by atoms with Gasteiger partial charge in [0.05, 0.1) is 51.0 Å². The molecule has 2 saturated heterocycles. The smallest absolute Gasteiger partial charge is 0.407 e. The maximum absolute atomic E-state index is 13.8. The molecule has 2 aliphatic rings. The van der Waals surface area contributed by atoms with E-state index in [1.165, 1.54) is 19.1 Å². The number of aromatic nitrogens is 3. The molecular weight excluding hydrogens is 767 g/mol. The lowest BCUT2D eigenvalue weighted by atomic mass is 9.90. The number of benzene rings is 2. The van der Waals surface area contributed by atoms with Gasteiger partial charge in [0, 0.05) is 42.1 Å². The van der Waals surface area contributed by atoms with E-state index in [1.807, 2.05) is 93.3 Å². The fraction of sp³-hybridized carbons (Fsp3) is 0.422. The molecule has 60 heavy (non-hydrogen) atoms. The second-order valence-electron chi connectivity index (χ2n) is 15.9. The lowest BCUT2D eigenvalue weighted by molar-refractivity contribution is -0.150. The summed E-state index contributed by atoms with van der Waals surface area (Å²) in [5, 5.41) is 12.5. The number of nitrogens with zero attached hydrogens (tertiary/aromatic N) is 4. The zero-order valence-electron chi connectivity index (χ0n) is 34.9. The normalized spacial score (nSPS) is 17.5. The number of hydrogen-bond donors (Lipinski definition) is 4. The number of imidazole rings is 1. The van der Waals surface area contributed by atoms with Gasteiger partial charge in [0.15, 0.2) is 0 Å². The number of esters is 1. The summed E-state index contributed by atoms with van der Waals surface area (Å²) in [6, 6.07) is 18.2. The third-order valence-electron chi connectivity index (χ3n) is 11.3. The summed E-state index contributed by atoms with van der Waals surface area (Å²) in [5.41, 5.74) is 6.03. The van der Waals surface area contributed by atoms with E-state index in [2.05, 4.69) is 32.1 Å². The molecule has 15 nitrogen and oxygen atoms in total. The van der Waals surface area contributed by atoms with E-state index >= 15 is 0 Å². The first-order chi connectivity index (χ1) is 28.8. The molecule has 316 valence electrons. The first-order valence-electron chi connectivity index (χ1n) is 20.2. The summed E-state index contributed by atoms with van der Waals surface area (Å²) < 4.78 is 9.60. The number of likely N-dealkylation sites (tertiary alicyclic amines) is 1. The molecule has 0 unspecified atom stereocenters. The molecule has 2 aromatic carbocycles. The molecule has 0 radical (unpaired) electrons. The van der Waals surface area contributed by atoms with Gasteiger partial charge in [-0.25, -0.2) is 14.6 Å². The van der Waals surface area contributed by atoms with Gasteiger partial charge in [-0.2, -0.15) is 0 Å². The average molecular weight is 820 g/mol. The fourth-order valence-electron chi connectivity index (χ4n) is 7.81. The second-order valence-corrected chi connectivity index (χ2v) is 15.9. The number of aromatic amines is 2. The van der Waals surface area contributed by atoms with Gasteiger partial charge in [-0.05, 0) is 72.2 Å². The highest BCUT2D eigenvalue weighted by molar-refractivity contribution is 5.87. The van der Waals surface area contributed by atoms with Gasteiger partial charge >= 0.3 is 18.2 Å². The van der Waals surface area contributed by atoms with Crippen LogP contribution in [0.3, 0.4) is 0 Å². The molecule has 0 aliphatic carbocycles. The minimum atomic E-state index is -1.08. The Kier molecular flexibility index (Phi) is 13.6. The minimum Gasteiger partial charge on any atom is -0.469 e. The summed E-state index contributed by atoms with van der Waals surface area (Å²) in [6.45, 7) is 8.52. The SMILES string of the molecule is COC(=O)C[C@H](C(=O)N1CCN(C(=O)O)C[C@H]1c1ncc(-c2ccc(C#Cc3ccc(-c4ccc([C@@H]5CCCN5C(=O)[C@@H](NC(=O)OC)C(C)C)[nH]4)cc3)cc2)[nH]1)C(C)C. The van der Waals surface area contributed by atoms with E-state index in [0.717, 1.165) is 46.5 Å². The third kappa shape index (κ3) is 9.82. The molecule has 0 spiro atoms. The van der Waals surface area contributed by atoms with Gasteiger partial charge in [-0.3, -0.25) is 14.4 Å². The number of carboxylic acid groups (broad SMARTS) is 1. The van der Waals surface area contributed by atoms with Crippen LogP contribution >= 0.6 is 0 Å². The first kappa shape index (κ1) is 43.0. The lowest BCUT2D eigenvalue weighted by Crippen LogP contribution is -2.54. The van der Waals surface area contributed by atoms with Crippen LogP contribution in [-0.2, 0) is 23.9 Å². The maximum Gasteiger partial charge on any atom is 0.407 e. The zero-order chi connectivity index (χ0) is 43.1. The molecule has 4 heterocycles. The Morgan fingerprint density at radius 3 is 2.00 bits per heavy atom. The maximum atomic E-state index is 13.8. The summed E-state index contributed by atoms with van der Waals surface area (Å²) in [4.78, 5) is 79.5. The van der Waals surface area contributed by atoms with Gasteiger partial charge in [-0.1, -0.05) is 63.8 Å². The Balaban J connectivity index is 1.11. The molecular formula is C45H53N7O8. The number of hydrogen-bond acceptors (Lipinski definition) is 8. The van der Waals surface area contributed by atoms with Crippen molar-refractivity contribution in [2.45, 2.75) is 65.1 Å². The minimum absolute atomic E-state index is 0.0395. The van der Waals surface area contributed by atoms with Crippen molar-refractivity contribution >= 4 is 30.0 Å². The highest BCUT2D eigenvalue weighted by Crippen LogP contribution is 2.35. The molecule has 4 amide bonds. The number of alkyl carbamates (subject to hydrolysis) is 1. The number of rotatable bonds is 11. The number of piperazine rings is 1. The van der Waals surface area contributed by atoms with Gasteiger partial charge in [0.25, 0.3) is 0 Å². The largest absolute Gasteiger partial charge is 0.469 e. The van der Waals surface area contributed by atoms with E-state index in [0.29, 0.717) is 18.1 Å². The van der Waals surface area contributed by atoms with Crippen molar-refractivity contribution in [1.29, 1.82) is 0 Å². The summed E-state index contributed by atoms with van der Waals surface area (Å²) in [6.07, 6.45) is 1.58. The van der Waals surface area contributed by atoms with Crippen molar-refractivity contribution in [3.63, 3.8) is 0 Å². The lowest BCUT2D eigenvalue weighted by Gasteiger charge is -2.41. The number of ether oxygens (including phenoxy) is 2. The molecule has 2 aromatic heterocycles. The standard InChI is InChI=1S/C45H53N7O8/c1-27(2)33(24-39(53)59-5)42(54)52-23-22-50(45(57)58)26-38(52)41-46-25-36(48-41)32-17-13-30(14-18-32)10-9-29-11-15-31(16-12-29)34-19-20-35(47-34)37-8-7-21-51(37)43(55)40(28(3)4)49-44(56)60-6/h11-20,25,27-28,33,37-38,40,47H,7-8,21-24,26H2,1-6H3,(H,46,48)(H,49,56)(H,57,58)/t33-,37-,38-,40-/m0/s1. The van der Waals surface area contributed by atoms with E-state index < -0.39 is 36.2 Å². The highest BCUT2D eigenvalue weighted by atomic mass is 16.5. The Hall–Kier alpha value is -6.56. The Labute approximate surface area is 349 Å². The molecule has 2 fully saturated rings. The molecule has 2 aliphatic heterocycles. The highest BCUT2D eigenvalue weighted by Gasteiger charge is 2.40. The van der Waals surface area contributed by atoms with Crippen molar-refractivity contribution in [3.8, 4) is 34.4 Å². The number of carbonyl (C=O) groups excluding carboxylic acids is 4. The number of H-pyrrole nitrogens is 2. The zero-order valence-corrected chi connectivity index (χ0v) is 34.9. The summed E-state index contributed by atoms with van der Waals surface area (Å²) >= 11 is 0. The summed E-state index contributed by atoms with van der Waals surface area (Å²) in [7, 11) is 2.58. The first-order valence-corrected chi connectivity index (χ1v) is 20.2. The third-order valence-corrected chi connectivity index (χ3v) is 11.3. The Bertz CT molecular complexity index is 2230. The van der Waals surface area contributed by atoms with Gasteiger partial charge < -0.3 is 44.6 Å².